The monoisotopic (exact) mass is 254 g/mol. The first kappa shape index (κ1) is 14.5. The van der Waals surface area contributed by atoms with Gasteiger partial charge in [-0.25, -0.2) is 0 Å². The molecule has 0 fully saturated rings. The highest BCUT2D eigenvalue weighted by Crippen LogP contribution is 2.07. The van der Waals surface area contributed by atoms with E-state index in [9.17, 15) is 9.59 Å². The van der Waals surface area contributed by atoms with Crippen LogP contribution < -0.4 is 0 Å². The Hall–Kier alpha value is -2.55. The van der Waals surface area contributed by atoms with Gasteiger partial charge in [-0.3, -0.25) is 9.59 Å². The van der Waals surface area contributed by atoms with E-state index in [4.69, 9.17) is 4.79 Å². The van der Waals surface area contributed by atoms with Gasteiger partial charge in [0.1, 0.15) is 6.29 Å². The Morgan fingerprint density at radius 3 is 1.26 bits per heavy atom. The SMILES string of the molecule is CC=O.O=C(C(=O)c1ccccc1)c1ccccc1. The third kappa shape index (κ3) is 4.32. The Labute approximate surface area is 111 Å². The molecular formula is C16H14O3. The van der Waals surface area contributed by atoms with Crippen LogP contribution in [0.15, 0.2) is 60.7 Å². The van der Waals surface area contributed by atoms with Gasteiger partial charge in [0, 0.05) is 11.1 Å². The zero-order valence-corrected chi connectivity index (χ0v) is 10.6. The van der Waals surface area contributed by atoms with E-state index in [-0.39, 0.29) is 0 Å². The van der Waals surface area contributed by atoms with Crippen LogP contribution in [0.3, 0.4) is 0 Å². The molecule has 3 heteroatoms. The van der Waals surface area contributed by atoms with Gasteiger partial charge >= 0.3 is 0 Å². The van der Waals surface area contributed by atoms with Crippen LogP contribution in [-0.2, 0) is 4.79 Å². The molecule has 2 aromatic carbocycles. The Morgan fingerprint density at radius 1 is 0.737 bits per heavy atom. The molecule has 0 aliphatic heterocycles. The zero-order valence-electron chi connectivity index (χ0n) is 10.6. The highest BCUT2D eigenvalue weighted by atomic mass is 16.2. The summed E-state index contributed by atoms with van der Waals surface area (Å²) in [6.07, 6.45) is 0.750. The highest BCUT2D eigenvalue weighted by molar-refractivity contribution is 6.49. The maximum atomic E-state index is 11.8. The van der Waals surface area contributed by atoms with Crippen molar-refractivity contribution in [2.75, 3.05) is 0 Å². The van der Waals surface area contributed by atoms with Crippen molar-refractivity contribution in [3.05, 3.63) is 71.8 Å². The number of aldehydes is 1. The van der Waals surface area contributed by atoms with Crippen LogP contribution in [0.1, 0.15) is 27.6 Å². The minimum Gasteiger partial charge on any atom is -0.304 e. The number of hydrogen-bond donors (Lipinski definition) is 0. The van der Waals surface area contributed by atoms with E-state index in [1.165, 1.54) is 6.92 Å². The van der Waals surface area contributed by atoms with Crippen molar-refractivity contribution in [2.45, 2.75) is 6.92 Å². The minimum atomic E-state index is -0.466. The molecule has 0 aliphatic carbocycles. The maximum absolute atomic E-state index is 11.8. The van der Waals surface area contributed by atoms with Crippen molar-refractivity contribution in [3.63, 3.8) is 0 Å². The van der Waals surface area contributed by atoms with E-state index < -0.39 is 11.6 Å². The fourth-order valence-corrected chi connectivity index (χ4v) is 1.44. The first-order valence-electron chi connectivity index (χ1n) is 5.79. The molecule has 0 saturated carbocycles. The summed E-state index contributed by atoms with van der Waals surface area (Å²) in [5.41, 5.74) is 0.854. The second kappa shape index (κ2) is 7.71. The molecular weight excluding hydrogens is 240 g/mol. The van der Waals surface area contributed by atoms with Gasteiger partial charge in [-0.15, -0.1) is 0 Å². The lowest BCUT2D eigenvalue weighted by molar-refractivity contribution is -0.106. The van der Waals surface area contributed by atoms with E-state index in [0.29, 0.717) is 11.1 Å². The highest BCUT2D eigenvalue weighted by Gasteiger charge is 2.16. The Bertz CT molecular complexity index is 495. The van der Waals surface area contributed by atoms with Crippen molar-refractivity contribution in [3.8, 4) is 0 Å². The molecule has 19 heavy (non-hydrogen) atoms. The number of carbonyl (C=O) groups is 3. The predicted octanol–water partition coefficient (Wildman–Crippen LogP) is 2.96. The molecule has 96 valence electrons. The summed E-state index contributed by atoms with van der Waals surface area (Å²) >= 11 is 0. The van der Waals surface area contributed by atoms with Gasteiger partial charge in [0.15, 0.2) is 0 Å². The summed E-state index contributed by atoms with van der Waals surface area (Å²) < 4.78 is 0. The molecule has 2 rings (SSSR count). The van der Waals surface area contributed by atoms with E-state index in [1.54, 1.807) is 48.5 Å². The third-order valence-corrected chi connectivity index (χ3v) is 2.28. The van der Waals surface area contributed by atoms with Crippen LogP contribution >= 0.6 is 0 Å². The topological polar surface area (TPSA) is 51.2 Å². The zero-order chi connectivity index (χ0) is 14.1. The molecule has 0 unspecified atom stereocenters. The predicted molar refractivity (Wildman–Crippen MR) is 73.3 cm³/mol. The lowest BCUT2D eigenvalue weighted by Gasteiger charge is -1.99. The summed E-state index contributed by atoms with van der Waals surface area (Å²) in [6.45, 7) is 1.44. The molecule has 0 aliphatic rings. The van der Waals surface area contributed by atoms with Crippen LogP contribution in [0.5, 0.6) is 0 Å². The molecule has 0 spiro atoms. The molecule has 0 aromatic heterocycles. The third-order valence-electron chi connectivity index (χ3n) is 2.28. The smallest absolute Gasteiger partial charge is 0.233 e. The Kier molecular flexibility index (Phi) is 5.89. The number of ketones is 2. The number of Topliss-reactive ketones (excluding diaryl/α,β-unsaturated/α-hetero) is 2. The lowest BCUT2D eigenvalue weighted by Crippen LogP contribution is -2.14. The Balaban J connectivity index is 0.000000550. The largest absolute Gasteiger partial charge is 0.304 e. The average molecular weight is 254 g/mol. The van der Waals surface area contributed by atoms with Gasteiger partial charge in [0.25, 0.3) is 0 Å². The number of carbonyl (C=O) groups excluding carboxylic acids is 3. The molecule has 0 amide bonds. The van der Waals surface area contributed by atoms with Gasteiger partial charge in [-0.05, 0) is 6.92 Å². The van der Waals surface area contributed by atoms with Crippen molar-refractivity contribution >= 4 is 17.9 Å². The average Bonchev–Trinajstić information content (AvgIpc) is 2.48. The summed E-state index contributed by atoms with van der Waals surface area (Å²) in [6, 6.07) is 17.2. The van der Waals surface area contributed by atoms with Crippen LogP contribution in [0, 0.1) is 0 Å². The fraction of sp³-hybridized carbons (Fsp3) is 0.0625. The summed E-state index contributed by atoms with van der Waals surface area (Å²) in [5.74, 6) is -0.932. The van der Waals surface area contributed by atoms with Gasteiger partial charge in [0.2, 0.25) is 11.6 Å². The second-order valence-electron chi connectivity index (χ2n) is 3.63. The van der Waals surface area contributed by atoms with Crippen molar-refractivity contribution in [2.24, 2.45) is 0 Å². The molecule has 0 N–H and O–H groups in total. The molecule has 0 radical (unpaired) electrons. The molecule has 3 nitrogen and oxygen atoms in total. The fourth-order valence-electron chi connectivity index (χ4n) is 1.44. The van der Waals surface area contributed by atoms with Crippen LogP contribution in [-0.4, -0.2) is 17.9 Å². The van der Waals surface area contributed by atoms with Crippen molar-refractivity contribution < 1.29 is 14.4 Å². The van der Waals surface area contributed by atoms with Crippen LogP contribution in [0.25, 0.3) is 0 Å². The van der Waals surface area contributed by atoms with Crippen molar-refractivity contribution in [1.82, 2.24) is 0 Å². The first-order chi connectivity index (χ1) is 9.20. The number of hydrogen-bond acceptors (Lipinski definition) is 3. The summed E-state index contributed by atoms with van der Waals surface area (Å²) in [4.78, 5) is 32.4. The molecule has 2 aromatic rings. The van der Waals surface area contributed by atoms with E-state index in [2.05, 4.69) is 0 Å². The van der Waals surface area contributed by atoms with Crippen LogP contribution in [0.4, 0.5) is 0 Å². The normalized spacial score (nSPS) is 8.89. The lowest BCUT2D eigenvalue weighted by atomic mass is 10.0. The van der Waals surface area contributed by atoms with E-state index in [1.807, 2.05) is 12.1 Å². The van der Waals surface area contributed by atoms with Crippen molar-refractivity contribution in [1.29, 1.82) is 0 Å². The quantitative estimate of drug-likeness (QED) is 0.480. The van der Waals surface area contributed by atoms with E-state index in [0.717, 1.165) is 6.29 Å². The standard InChI is InChI=1S/C14H10O2.C2H4O/c15-13(11-7-3-1-4-8-11)14(16)12-9-5-2-6-10-12;1-2-3/h1-10H;2H,1H3. The molecule has 0 heterocycles. The van der Waals surface area contributed by atoms with Gasteiger partial charge in [-0.2, -0.15) is 0 Å². The Morgan fingerprint density at radius 2 is 1.00 bits per heavy atom. The summed E-state index contributed by atoms with van der Waals surface area (Å²) in [5, 5.41) is 0. The van der Waals surface area contributed by atoms with E-state index >= 15 is 0 Å². The van der Waals surface area contributed by atoms with Gasteiger partial charge in [0.05, 0.1) is 0 Å². The molecule has 0 saturated heterocycles. The minimum absolute atomic E-state index is 0.427. The van der Waals surface area contributed by atoms with Gasteiger partial charge < -0.3 is 4.79 Å². The number of rotatable bonds is 3. The molecule has 0 atom stereocenters. The maximum Gasteiger partial charge on any atom is 0.233 e. The number of benzene rings is 2. The van der Waals surface area contributed by atoms with Gasteiger partial charge in [-0.1, -0.05) is 60.7 Å². The summed E-state index contributed by atoms with van der Waals surface area (Å²) in [7, 11) is 0. The van der Waals surface area contributed by atoms with Crippen LogP contribution in [0.2, 0.25) is 0 Å². The molecule has 0 bridgehead atoms. The second-order valence-corrected chi connectivity index (χ2v) is 3.63. The first-order valence-corrected chi connectivity index (χ1v) is 5.79.